The van der Waals surface area contributed by atoms with Gasteiger partial charge in [0.05, 0.1) is 24.5 Å². The molecule has 3 heterocycles. The lowest BCUT2D eigenvalue weighted by molar-refractivity contribution is -0.118. The van der Waals surface area contributed by atoms with E-state index in [1.54, 1.807) is 0 Å². The van der Waals surface area contributed by atoms with E-state index in [1.807, 2.05) is 6.92 Å². The topological polar surface area (TPSA) is 65.2 Å². The number of ether oxygens (including phenoxy) is 1. The van der Waals surface area contributed by atoms with E-state index in [0.29, 0.717) is 18.4 Å². The van der Waals surface area contributed by atoms with Crippen molar-refractivity contribution in [3.05, 3.63) is 11.7 Å². The molecule has 2 fully saturated rings. The van der Waals surface area contributed by atoms with E-state index in [9.17, 15) is 4.79 Å². The lowest BCUT2D eigenvalue weighted by Gasteiger charge is -2.13. The zero-order chi connectivity index (χ0) is 12.5. The number of fused-ring (bicyclic) bond motifs is 2. The smallest absolute Gasteiger partial charge is 0.234 e. The van der Waals surface area contributed by atoms with E-state index in [2.05, 4.69) is 10.1 Å². The van der Waals surface area contributed by atoms with Gasteiger partial charge in [-0.05, 0) is 25.7 Å². The largest absolute Gasteiger partial charge is 0.374 e. The molecule has 0 N–H and O–H groups in total. The van der Waals surface area contributed by atoms with Crippen LogP contribution in [0.15, 0.2) is 4.52 Å². The van der Waals surface area contributed by atoms with Crippen LogP contribution in [0.1, 0.15) is 56.7 Å². The van der Waals surface area contributed by atoms with Crippen LogP contribution in [-0.4, -0.2) is 28.1 Å². The Hall–Kier alpha value is -1.23. The molecule has 2 saturated heterocycles. The summed E-state index contributed by atoms with van der Waals surface area (Å²) in [5, 5.41) is 4.01. The summed E-state index contributed by atoms with van der Waals surface area (Å²) in [5.74, 6) is 1.60. The minimum absolute atomic E-state index is 0.164. The Kier molecular flexibility index (Phi) is 3.16. The Bertz CT molecular complexity index is 443. The summed E-state index contributed by atoms with van der Waals surface area (Å²) in [4.78, 5) is 15.9. The van der Waals surface area contributed by atoms with Gasteiger partial charge in [-0.25, -0.2) is 0 Å². The van der Waals surface area contributed by atoms with Crippen LogP contribution in [0.2, 0.25) is 0 Å². The Morgan fingerprint density at radius 1 is 1.44 bits per heavy atom. The average Bonchev–Trinajstić information content (AvgIpc) is 3.03. The van der Waals surface area contributed by atoms with E-state index < -0.39 is 0 Å². The average molecular weight is 250 g/mol. The second-order valence-corrected chi connectivity index (χ2v) is 5.23. The van der Waals surface area contributed by atoms with Gasteiger partial charge in [-0.2, -0.15) is 4.98 Å². The Balaban J connectivity index is 1.65. The molecule has 0 aromatic carbocycles. The first kappa shape index (κ1) is 11.8. The molecule has 2 aliphatic rings. The number of carbonyl (C=O) groups is 1. The summed E-state index contributed by atoms with van der Waals surface area (Å²) in [5.41, 5.74) is 0. The standard InChI is InChI=1S/C13H18N2O3/c1-2-3-8(16)6-12-14-13(15-18-12)10-7-9-4-5-11(10)17-9/h9-11H,2-7H2,1H3. The molecule has 1 aromatic rings. The molecule has 1 aromatic heterocycles. The molecular formula is C13H18N2O3. The fourth-order valence-electron chi connectivity index (χ4n) is 2.94. The van der Waals surface area contributed by atoms with Crippen molar-refractivity contribution in [2.24, 2.45) is 0 Å². The van der Waals surface area contributed by atoms with Crippen molar-refractivity contribution in [3.8, 4) is 0 Å². The monoisotopic (exact) mass is 250 g/mol. The number of carbonyl (C=O) groups excluding carboxylic acids is 1. The summed E-state index contributed by atoms with van der Waals surface area (Å²) < 4.78 is 10.9. The molecule has 18 heavy (non-hydrogen) atoms. The molecule has 0 saturated carbocycles. The van der Waals surface area contributed by atoms with Crippen molar-refractivity contribution in [2.75, 3.05) is 0 Å². The van der Waals surface area contributed by atoms with Crippen molar-refractivity contribution in [3.63, 3.8) is 0 Å². The van der Waals surface area contributed by atoms with Gasteiger partial charge in [-0.3, -0.25) is 4.79 Å². The van der Waals surface area contributed by atoms with Gasteiger partial charge in [0.25, 0.3) is 0 Å². The lowest BCUT2D eigenvalue weighted by atomic mass is 9.89. The first-order valence-electron chi connectivity index (χ1n) is 6.76. The highest BCUT2D eigenvalue weighted by atomic mass is 16.5. The predicted molar refractivity (Wildman–Crippen MR) is 63.2 cm³/mol. The number of rotatable bonds is 5. The Morgan fingerprint density at radius 2 is 2.33 bits per heavy atom. The molecule has 0 radical (unpaired) electrons. The quantitative estimate of drug-likeness (QED) is 0.799. The van der Waals surface area contributed by atoms with Gasteiger partial charge in [0, 0.05) is 6.42 Å². The van der Waals surface area contributed by atoms with Crippen molar-refractivity contribution in [1.82, 2.24) is 10.1 Å². The molecule has 3 atom stereocenters. The maximum atomic E-state index is 11.5. The highest BCUT2D eigenvalue weighted by molar-refractivity contribution is 5.79. The first-order chi connectivity index (χ1) is 8.76. The van der Waals surface area contributed by atoms with Crippen LogP contribution in [0.5, 0.6) is 0 Å². The third kappa shape index (κ3) is 2.19. The van der Waals surface area contributed by atoms with Gasteiger partial charge in [0.2, 0.25) is 5.89 Å². The van der Waals surface area contributed by atoms with Crippen LogP contribution in [0, 0.1) is 0 Å². The highest BCUT2D eigenvalue weighted by Crippen LogP contribution is 2.43. The maximum Gasteiger partial charge on any atom is 0.234 e. The van der Waals surface area contributed by atoms with Crippen molar-refractivity contribution < 1.29 is 14.1 Å². The minimum Gasteiger partial charge on any atom is -0.374 e. The molecule has 2 aliphatic heterocycles. The second-order valence-electron chi connectivity index (χ2n) is 5.23. The summed E-state index contributed by atoms with van der Waals surface area (Å²) in [6.07, 6.45) is 5.58. The van der Waals surface area contributed by atoms with Gasteiger partial charge in [0.1, 0.15) is 5.78 Å². The second kappa shape index (κ2) is 4.80. The van der Waals surface area contributed by atoms with E-state index >= 15 is 0 Å². The van der Waals surface area contributed by atoms with E-state index in [-0.39, 0.29) is 24.2 Å². The van der Waals surface area contributed by atoms with Gasteiger partial charge in [-0.15, -0.1) is 0 Å². The number of hydrogen-bond acceptors (Lipinski definition) is 5. The third-order valence-electron chi connectivity index (χ3n) is 3.80. The predicted octanol–water partition coefficient (Wildman–Crippen LogP) is 2.02. The van der Waals surface area contributed by atoms with Crippen LogP contribution in [0.4, 0.5) is 0 Å². The number of aromatic nitrogens is 2. The molecular weight excluding hydrogens is 232 g/mol. The molecule has 3 unspecified atom stereocenters. The number of nitrogens with zero attached hydrogens (tertiary/aromatic N) is 2. The lowest BCUT2D eigenvalue weighted by Crippen LogP contribution is -2.15. The van der Waals surface area contributed by atoms with Gasteiger partial charge >= 0.3 is 0 Å². The first-order valence-corrected chi connectivity index (χ1v) is 6.76. The van der Waals surface area contributed by atoms with E-state index in [1.165, 1.54) is 0 Å². The fourth-order valence-corrected chi connectivity index (χ4v) is 2.94. The van der Waals surface area contributed by atoms with Gasteiger partial charge in [-0.1, -0.05) is 12.1 Å². The number of Topliss-reactive ketones (excluding diaryl/α,β-unsaturated/α-hetero) is 1. The molecule has 98 valence electrons. The highest BCUT2D eigenvalue weighted by Gasteiger charge is 2.43. The van der Waals surface area contributed by atoms with Gasteiger partial charge in [0.15, 0.2) is 5.82 Å². The molecule has 5 nitrogen and oxygen atoms in total. The summed E-state index contributed by atoms with van der Waals surface area (Å²) in [6.45, 7) is 1.99. The summed E-state index contributed by atoms with van der Waals surface area (Å²) >= 11 is 0. The number of hydrogen-bond donors (Lipinski definition) is 0. The van der Waals surface area contributed by atoms with Crippen molar-refractivity contribution in [2.45, 2.75) is 63.6 Å². The van der Waals surface area contributed by atoms with Crippen LogP contribution in [-0.2, 0) is 16.0 Å². The van der Waals surface area contributed by atoms with Gasteiger partial charge < -0.3 is 9.26 Å². The van der Waals surface area contributed by atoms with Crippen LogP contribution in [0.3, 0.4) is 0 Å². The van der Waals surface area contributed by atoms with E-state index in [4.69, 9.17) is 9.26 Å². The molecule has 0 spiro atoms. The SMILES string of the molecule is CCCC(=O)Cc1nc(C2CC3CCC2O3)no1. The molecule has 0 aliphatic carbocycles. The Morgan fingerprint density at radius 3 is 3.00 bits per heavy atom. The zero-order valence-electron chi connectivity index (χ0n) is 10.6. The fraction of sp³-hybridized carbons (Fsp3) is 0.769. The summed E-state index contributed by atoms with van der Waals surface area (Å²) in [7, 11) is 0. The number of ketones is 1. The van der Waals surface area contributed by atoms with Crippen molar-refractivity contribution in [1.29, 1.82) is 0 Å². The molecule has 3 rings (SSSR count). The molecule has 2 bridgehead atoms. The van der Waals surface area contributed by atoms with Crippen LogP contribution < -0.4 is 0 Å². The maximum absolute atomic E-state index is 11.5. The zero-order valence-corrected chi connectivity index (χ0v) is 10.6. The molecule has 0 amide bonds. The third-order valence-corrected chi connectivity index (χ3v) is 3.80. The van der Waals surface area contributed by atoms with Crippen molar-refractivity contribution >= 4 is 5.78 Å². The summed E-state index contributed by atoms with van der Waals surface area (Å²) in [6, 6.07) is 0. The van der Waals surface area contributed by atoms with Crippen LogP contribution >= 0.6 is 0 Å². The Labute approximate surface area is 106 Å². The molecule has 5 heteroatoms. The van der Waals surface area contributed by atoms with Crippen LogP contribution in [0.25, 0.3) is 0 Å². The normalized spacial score (nSPS) is 29.9. The minimum atomic E-state index is 0.164. The van der Waals surface area contributed by atoms with E-state index in [0.717, 1.165) is 31.5 Å².